The summed E-state index contributed by atoms with van der Waals surface area (Å²) in [5, 5.41) is 13.6. The van der Waals surface area contributed by atoms with E-state index in [-0.39, 0.29) is 11.6 Å². The molecule has 19 heavy (non-hydrogen) atoms. The van der Waals surface area contributed by atoms with Crippen molar-refractivity contribution in [1.82, 2.24) is 5.32 Å². The number of hydrogen-bond acceptors (Lipinski definition) is 4. The van der Waals surface area contributed by atoms with Gasteiger partial charge in [-0.1, -0.05) is 0 Å². The summed E-state index contributed by atoms with van der Waals surface area (Å²) in [5.74, 6) is -0.958. The number of halogens is 1. The average molecular weight is 269 g/mol. The number of nitro groups is 1. The number of nitrogens with two attached hydrogens (primary N) is 1. The number of carbonyl (C=O) groups is 1. The fourth-order valence-electron chi connectivity index (χ4n) is 1.62. The third kappa shape index (κ3) is 5.91. The fourth-order valence-corrected chi connectivity index (χ4v) is 1.62. The molecule has 3 N–H and O–H groups in total. The zero-order valence-electron chi connectivity index (χ0n) is 10.4. The quantitative estimate of drug-likeness (QED) is 0.424. The van der Waals surface area contributed by atoms with Gasteiger partial charge < -0.3 is 11.1 Å². The van der Waals surface area contributed by atoms with Crippen LogP contribution in [0.5, 0.6) is 0 Å². The van der Waals surface area contributed by atoms with Gasteiger partial charge in [0.15, 0.2) is 0 Å². The molecule has 0 aliphatic rings. The highest BCUT2D eigenvalue weighted by molar-refractivity contribution is 5.73. The minimum atomic E-state index is -0.626. The molecule has 0 bridgehead atoms. The Hall–Kier alpha value is -2.02. The monoisotopic (exact) mass is 269 g/mol. The second-order valence-electron chi connectivity index (χ2n) is 4.17. The molecule has 0 radical (unpaired) electrons. The molecule has 0 aromatic heterocycles. The molecule has 1 rings (SSSR count). The summed E-state index contributed by atoms with van der Waals surface area (Å²) in [7, 11) is 0. The first-order valence-electron chi connectivity index (χ1n) is 5.92. The highest BCUT2D eigenvalue weighted by Crippen LogP contribution is 2.16. The van der Waals surface area contributed by atoms with Gasteiger partial charge >= 0.3 is 0 Å². The van der Waals surface area contributed by atoms with Crippen LogP contribution in [0, 0.1) is 15.9 Å². The number of amides is 1. The lowest BCUT2D eigenvalue weighted by atomic mass is 10.2. The first kappa shape index (κ1) is 15.0. The number of unbranched alkanes of at least 4 members (excludes halogenated alkanes) is 1. The standard InChI is InChI=1S/C12H16FN3O3/c13-10-5-9(6-11(7-10)16(18)19)8-15-4-2-1-3-12(14)17/h5-7,15H,1-4,8H2,(H2,14,17). The molecular weight excluding hydrogens is 253 g/mol. The van der Waals surface area contributed by atoms with Crippen molar-refractivity contribution in [1.29, 1.82) is 0 Å². The number of primary amides is 1. The topological polar surface area (TPSA) is 98.3 Å². The number of carbonyl (C=O) groups excluding carboxylic acids is 1. The summed E-state index contributed by atoms with van der Waals surface area (Å²) in [4.78, 5) is 20.4. The molecule has 0 saturated carbocycles. The van der Waals surface area contributed by atoms with E-state index >= 15 is 0 Å². The molecule has 0 aliphatic carbocycles. The summed E-state index contributed by atoms with van der Waals surface area (Å²) in [6.07, 6.45) is 1.79. The van der Waals surface area contributed by atoms with Crippen molar-refractivity contribution in [2.45, 2.75) is 25.8 Å². The van der Waals surface area contributed by atoms with E-state index in [1.165, 1.54) is 12.1 Å². The van der Waals surface area contributed by atoms with Crippen LogP contribution in [0.3, 0.4) is 0 Å². The van der Waals surface area contributed by atoms with Crippen LogP contribution in [0.25, 0.3) is 0 Å². The number of hydrogen-bond donors (Lipinski definition) is 2. The number of nitrogens with zero attached hydrogens (tertiary/aromatic N) is 1. The summed E-state index contributed by atoms with van der Waals surface area (Å²) in [6, 6.07) is 3.47. The van der Waals surface area contributed by atoms with Gasteiger partial charge in [0.05, 0.1) is 11.0 Å². The molecule has 0 fully saturated rings. The first-order chi connectivity index (χ1) is 8.99. The normalized spacial score (nSPS) is 10.4. The number of non-ortho nitro benzene ring substituents is 1. The Morgan fingerprint density at radius 2 is 2.11 bits per heavy atom. The zero-order chi connectivity index (χ0) is 14.3. The number of rotatable bonds is 8. The molecule has 104 valence electrons. The summed E-state index contributed by atoms with van der Waals surface area (Å²) in [5.41, 5.74) is 5.25. The van der Waals surface area contributed by atoms with Gasteiger partial charge in [-0.15, -0.1) is 0 Å². The lowest BCUT2D eigenvalue weighted by Gasteiger charge is -2.05. The Balaban J connectivity index is 2.37. The second-order valence-corrected chi connectivity index (χ2v) is 4.17. The zero-order valence-corrected chi connectivity index (χ0v) is 10.4. The summed E-state index contributed by atoms with van der Waals surface area (Å²) in [6.45, 7) is 0.979. The SMILES string of the molecule is NC(=O)CCCCNCc1cc(F)cc([N+](=O)[O-])c1. The van der Waals surface area contributed by atoms with Gasteiger partial charge in [0, 0.05) is 19.0 Å². The van der Waals surface area contributed by atoms with E-state index in [0.29, 0.717) is 31.5 Å². The van der Waals surface area contributed by atoms with Gasteiger partial charge in [-0.2, -0.15) is 0 Å². The minimum absolute atomic E-state index is 0.259. The van der Waals surface area contributed by atoms with Crippen molar-refractivity contribution in [3.05, 3.63) is 39.7 Å². The maximum absolute atomic E-state index is 13.1. The molecule has 0 unspecified atom stereocenters. The van der Waals surface area contributed by atoms with Crippen LogP contribution < -0.4 is 11.1 Å². The van der Waals surface area contributed by atoms with Gasteiger partial charge in [0.1, 0.15) is 5.82 Å². The van der Waals surface area contributed by atoms with Crippen LogP contribution in [0.4, 0.5) is 10.1 Å². The molecule has 1 amide bonds. The summed E-state index contributed by atoms with van der Waals surface area (Å²) >= 11 is 0. The third-order valence-corrected chi connectivity index (χ3v) is 2.51. The molecule has 0 aliphatic heterocycles. The van der Waals surface area contributed by atoms with Crippen LogP contribution >= 0.6 is 0 Å². The Morgan fingerprint density at radius 1 is 1.37 bits per heavy atom. The van der Waals surface area contributed by atoms with E-state index in [0.717, 1.165) is 12.5 Å². The summed E-state index contributed by atoms with van der Waals surface area (Å²) < 4.78 is 13.1. The highest BCUT2D eigenvalue weighted by Gasteiger charge is 2.09. The van der Waals surface area contributed by atoms with Crippen LogP contribution in [-0.4, -0.2) is 17.4 Å². The van der Waals surface area contributed by atoms with Crippen molar-refractivity contribution < 1.29 is 14.1 Å². The van der Waals surface area contributed by atoms with Crippen LogP contribution in [0.1, 0.15) is 24.8 Å². The van der Waals surface area contributed by atoms with Gasteiger partial charge in [-0.05, 0) is 31.0 Å². The number of benzene rings is 1. The van der Waals surface area contributed by atoms with E-state index in [4.69, 9.17) is 5.73 Å². The maximum Gasteiger partial charge on any atom is 0.272 e. The van der Waals surface area contributed by atoms with Crippen molar-refractivity contribution in [2.24, 2.45) is 5.73 Å². The van der Waals surface area contributed by atoms with E-state index < -0.39 is 10.7 Å². The smallest absolute Gasteiger partial charge is 0.272 e. The van der Waals surface area contributed by atoms with Crippen molar-refractivity contribution >= 4 is 11.6 Å². The van der Waals surface area contributed by atoms with E-state index in [9.17, 15) is 19.3 Å². The molecule has 1 aromatic rings. The van der Waals surface area contributed by atoms with Crippen LogP contribution in [0.15, 0.2) is 18.2 Å². The Morgan fingerprint density at radius 3 is 2.74 bits per heavy atom. The number of nitrogens with one attached hydrogen (secondary N) is 1. The van der Waals surface area contributed by atoms with Gasteiger partial charge in [-0.25, -0.2) is 4.39 Å². The Kier molecular flexibility index (Phi) is 5.87. The minimum Gasteiger partial charge on any atom is -0.370 e. The highest BCUT2D eigenvalue weighted by atomic mass is 19.1. The Bertz CT molecular complexity index is 466. The van der Waals surface area contributed by atoms with Gasteiger partial charge in [0.2, 0.25) is 5.91 Å². The van der Waals surface area contributed by atoms with Crippen LogP contribution in [0.2, 0.25) is 0 Å². The molecular formula is C12H16FN3O3. The van der Waals surface area contributed by atoms with Crippen LogP contribution in [-0.2, 0) is 11.3 Å². The predicted molar refractivity (Wildman–Crippen MR) is 67.8 cm³/mol. The van der Waals surface area contributed by atoms with Crippen molar-refractivity contribution in [3.63, 3.8) is 0 Å². The molecule has 6 nitrogen and oxygen atoms in total. The molecule has 7 heteroatoms. The molecule has 1 aromatic carbocycles. The number of nitro benzene ring substituents is 1. The second kappa shape index (κ2) is 7.42. The Labute approximate surface area is 109 Å². The fraction of sp³-hybridized carbons (Fsp3) is 0.417. The molecule has 0 saturated heterocycles. The molecule has 0 atom stereocenters. The lowest BCUT2D eigenvalue weighted by molar-refractivity contribution is -0.385. The van der Waals surface area contributed by atoms with E-state index in [1.54, 1.807) is 0 Å². The predicted octanol–water partition coefficient (Wildman–Crippen LogP) is 1.48. The van der Waals surface area contributed by atoms with E-state index in [1.807, 2.05) is 0 Å². The van der Waals surface area contributed by atoms with Gasteiger partial charge in [-0.3, -0.25) is 14.9 Å². The average Bonchev–Trinajstić information content (AvgIpc) is 2.32. The molecule has 0 heterocycles. The lowest BCUT2D eigenvalue weighted by Crippen LogP contribution is -2.16. The largest absolute Gasteiger partial charge is 0.370 e. The van der Waals surface area contributed by atoms with Gasteiger partial charge in [0.25, 0.3) is 5.69 Å². The van der Waals surface area contributed by atoms with E-state index in [2.05, 4.69) is 5.32 Å². The molecule has 0 spiro atoms. The van der Waals surface area contributed by atoms with Crippen molar-refractivity contribution in [2.75, 3.05) is 6.54 Å². The van der Waals surface area contributed by atoms with Crippen molar-refractivity contribution in [3.8, 4) is 0 Å². The maximum atomic E-state index is 13.1. The first-order valence-corrected chi connectivity index (χ1v) is 5.92. The third-order valence-electron chi connectivity index (χ3n) is 2.51.